The molecule has 2 rings (SSSR count). The van der Waals surface area contributed by atoms with Crippen molar-refractivity contribution in [3.05, 3.63) is 48.3 Å². The minimum absolute atomic E-state index is 0. The summed E-state index contributed by atoms with van der Waals surface area (Å²) in [6, 6.07) is 10.2. The molecule has 0 amide bonds. The molecule has 0 unspecified atom stereocenters. The quantitative estimate of drug-likeness (QED) is 0.242. The zero-order valence-corrected chi connectivity index (χ0v) is 18.0. The van der Waals surface area contributed by atoms with Crippen LogP contribution in [0.3, 0.4) is 0 Å². The Labute approximate surface area is 173 Å². The highest BCUT2D eigenvalue weighted by Crippen LogP contribution is 2.13. The minimum Gasteiger partial charge on any atom is -0.497 e. The van der Waals surface area contributed by atoms with E-state index in [0.717, 1.165) is 57.2 Å². The third-order valence-electron chi connectivity index (χ3n) is 3.79. The van der Waals surface area contributed by atoms with Gasteiger partial charge in [-0.25, -0.2) is 0 Å². The van der Waals surface area contributed by atoms with Crippen LogP contribution in [-0.2, 0) is 13.0 Å². The number of aliphatic imine (C=N–C) groups is 1. The average Bonchev–Trinajstić information content (AvgIpc) is 3.16. The number of benzene rings is 1. The molecule has 0 saturated heterocycles. The van der Waals surface area contributed by atoms with Crippen molar-refractivity contribution in [1.29, 1.82) is 0 Å². The second-order valence-electron chi connectivity index (χ2n) is 5.77. The molecule has 0 aliphatic rings. The van der Waals surface area contributed by atoms with Gasteiger partial charge in [0.15, 0.2) is 5.96 Å². The molecule has 0 fully saturated rings. The lowest BCUT2D eigenvalue weighted by atomic mass is 10.1. The summed E-state index contributed by atoms with van der Waals surface area (Å²) in [6.45, 7) is 5.51. The third-order valence-corrected chi connectivity index (χ3v) is 3.79. The fourth-order valence-electron chi connectivity index (χ4n) is 2.53. The topological polar surface area (TPSA) is 63.5 Å². The van der Waals surface area contributed by atoms with Crippen LogP contribution in [0.5, 0.6) is 5.75 Å². The Morgan fingerprint density at radius 1 is 1.23 bits per heavy atom. The van der Waals surface area contributed by atoms with Gasteiger partial charge in [0, 0.05) is 38.6 Å². The fourth-order valence-corrected chi connectivity index (χ4v) is 2.53. The predicted molar refractivity (Wildman–Crippen MR) is 118 cm³/mol. The summed E-state index contributed by atoms with van der Waals surface area (Å²) < 4.78 is 7.20. The van der Waals surface area contributed by atoms with Crippen LogP contribution in [0.4, 0.5) is 0 Å². The molecule has 0 atom stereocenters. The first-order chi connectivity index (χ1) is 12.3. The molecule has 0 aliphatic carbocycles. The fraction of sp³-hybridized carbons (Fsp3) is 0.474. The standard InChI is InChI=1S/C19H29N5O.HI/c1-3-20-19(22-12-6-14-24-15-7-13-23-24)21-11-5-9-17-8-4-10-18(16-17)25-2;/h4,7-8,10,13,15-16H,3,5-6,9,11-12,14H2,1-2H3,(H2,20,21,22);1H. The van der Waals surface area contributed by atoms with Gasteiger partial charge < -0.3 is 15.4 Å². The summed E-state index contributed by atoms with van der Waals surface area (Å²) >= 11 is 0. The summed E-state index contributed by atoms with van der Waals surface area (Å²) in [7, 11) is 1.70. The second kappa shape index (κ2) is 13.4. The molecule has 1 aromatic heterocycles. The first-order valence-corrected chi connectivity index (χ1v) is 8.94. The molecule has 26 heavy (non-hydrogen) atoms. The van der Waals surface area contributed by atoms with Gasteiger partial charge in [-0.15, -0.1) is 24.0 Å². The highest BCUT2D eigenvalue weighted by molar-refractivity contribution is 14.0. The maximum atomic E-state index is 5.26. The van der Waals surface area contributed by atoms with Crippen LogP contribution in [0.15, 0.2) is 47.7 Å². The third kappa shape index (κ3) is 8.55. The minimum atomic E-state index is 0. The molecule has 2 N–H and O–H groups in total. The molecular formula is C19H30IN5O. The van der Waals surface area contributed by atoms with Gasteiger partial charge in [0.2, 0.25) is 0 Å². The van der Waals surface area contributed by atoms with E-state index in [0.29, 0.717) is 0 Å². The Kier molecular flexibility index (Phi) is 11.5. The Bertz CT molecular complexity index is 631. The van der Waals surface area contributed by atoms with Crippen LogP contribution >= 0.6 is 24.0 Å². The van der Waals surface area contributed by atoms with Crippen LogP contribution in [0.2, 0.25) is 0 Å². The summed E-state index contributed by atoms with van der Waals surface area (Å²) in [4.78, 5) is 4.62. The van der Waals surface area contributed by atoms with Crippen molar-refractivity contribution in [2.24, 2.45) is 4.99 Å². The lowest BCUT2D eigenvalue weighted by Gasteiger charge is -2.11. The van der Waals surface area contributed by atoms with E-state index in [1.807, 2.05) is 29.1 Å². The number of aryl methyl sites for hydroxylation is 2. The average molecular weight is 471 g/mol. The van der Waals surface area contributed by atoms with E-state index in [1.165, 1.54) is 5.56 Å². The summed E-state index contributed by atoms with van der Waals surface area (Å²) in [5, 5.41) is 10.9. The number of rotatable bonds is 10. The van der Waals surface area contributed by atoms with Gasteiger partial charge in [-0.05, 0) is 49.9 Å². The summed E-state index contributed by atoms with van der Waals surface area (Å²) in [5.41, 5.74) is 1.29. The van der Waals surface area contributed by atoms with Crippen LogP contribution in [0.1, 0.15) is 25.3 Å². The largest absolute Gasteiger partial charge is 0.497 e. The lowest BCUT2D eigenvalue weighted by Crippen LogP contribution is -2.38. The number of nitrogens with zero attached hydrogens (tertiary/aromatic N) is 3. The van der Waals surface area contributed by atoms with E-state index >= 15 is 0 Å². The molecular weight excluding hydrogens is 441 g/mol. The molecule has 0 aliphatic heterocycles. The number of nitrogens with one attached hydrogen (secondary N) is 2. The van der Waals surface area contributed by atoms with Crippen molar-refractivity contribution < 1.29 is 4.74 Å². The van der Waals surface area contributed by atoms with Gasteiger partial charge in [-0.1, -0.05) is 12.1 Å². The van der Waals surface area contributed by atoms with Crippen LogP contribution in [0, 0.1) is 0 Å². The Balaban J connectivity index is 0.00000338. The van der Waals surface area contributed by atoms with Gasteiger partial charge >= 0.3 is 0 Å². The molecule has 144 valence electrons. The highest BCUT2D eigenvalue weighted by atomic mass is 127. The number of ether oxygens (including phenoxy) is 1. The Morgan fingerprint density at radius 2 is 2.12 bits per heavy atom. The van der Waals surface area contributed by atoms with E-state index in [9.17, 15) is 0 Å². The van der Waals surface area contributed by atoms with Crippen molar-refractivity contribution in [1.82, 2.24) is 20.4 Å². The van der Waals surface area contributed by atoms with Crippen LogP contribution in [0.25, 0.3) is 0 Å². The normalized spacial score (nSPS) is 10.9. The smallest absolute Gasteiger partial charge is 0.191 e. The van der Waals surface area contributed by atoms with Gasteiger partial charge in [-0.2, -0.15) is 5.10 Å². The van der Waals surface area contributed by atoms with Crippen molar-refractivity contribution in [2.75, 3.05) is 26.7 Å². The van der Waals surface area contributed by atoms with Gasteiger partial charge in [0.05, 0.1) is 7.11 Å². The van der Waals surface area contributed by atoms with E-state index in [-0.39, 0.29) is 24.0 Å². The highest BCUT2D eigenvalue weighted by Gasteiger charge is 1.99. The van der Waals surface area contributed by atoms with Crippen molar-refractivity contribution in [3.63, 3.8) is 0 Å². The van der Waals surface area contributed by atoms with Crippen LogP contribution < -0.4 is 15.4 Å². The zero-order chi connectivity index (χ0) is 17.7. The van der Waals surface area contributed by atoms with Gasteiger partial charge in [-0.3, -0.25) is 9.67 Å². The van der Waals surface area contributed by atoms with E-state index in [1.54, 1.807) is 13.3 Å². The van der Waals surface area contributed by atoms with Crippen LogP contribution in [-0.4, -0.2) is 42.5 Å². The first kappa shape index (κ1) is 22.3. The molecule has 0 bridgehead atoms. The van der Waals surface area contributed by atoms with Gasteiger partial charge in [0.1, 0.15) is 5.75 Å². The van der Waals surface area contributed by atoms with Gasteiger partial charge in [0.25, 0.3) is 0 Å². The SMILES string of the molecule is CCNC(=NCCCn1cccn1)NCCCc1cccc(OC)c1.I. The first-order valence-electron chi connectivity index (χ1n) is 8.94. The molecule has 0 spiro atoms. The zero-order valence-electron chi connectivity index (χ0n) is 15.6. The molecule has 0 saturated carbocycles. The van der Waals surface area contributed by atoms with E-state index in [4.69, 9.17) is 4.74 Å². The van der Waals surface area contributed by atoms with Crippen molar-refractivity contribution >= 4 is 29.9 Å². The number of aromatic nitrogens is 2. The second-order valence-corrected chi connectivity index (χ2v) is 5.77. The molecule has 1 heterocycles. The van der Waals surface area contributed by atoms with E-state index in [2.05, 4.69) is 39.8 Å². The summed E-state index contributed by atoms with van der Waals surface area (Å²) in [5.74, 6) is 1.80. The van der Waals surface area contributed by atoms with E-state index < -0.39 is 0 Å². The summed E-state index contributed by atoms with van der Waals surface area (Å²) in [6.07, 6.45) is 6.82. The number of guanidine groups is 1. The molecule has 7 heteroatoms. The Hall–Kier alpha value is -1.77. The predicted octanol–water partition coefficient (Wildman–Crippen LogP) is 3.09. The number of hydrogen-bond acceptors (Lipinski definition) is 3. The molecule has 1 aromatic carbocycles. The molecule has 2 aromatic rings. The number of methoxy groups -OCH3 is 1. The maximum absolute atomic E-state index is 5.26. The monoisotopic (exact) mass is 471 g/mol. The molecule has 0 radical (unpaired) electrons. The van der Waals surface area contributed by atoms with Crippen molar-refractivity contribution in [3.8, 4) is 5.75 Å². The molecule has 6 nitrogen and oxygen atoms in total. The van der Waals surface area contributed by atoms with Crippen molar-refractivity contribution in [2.45, 2.75) is 32.7 Å². The Morgan fingerprint density at radius 3 is 2.85 bits per heavy atom. The number of halogens is 1. The number of hydrogen-bond donors (Lipinski definition) is 2. The lowest BCUT2D eigenvalue weighted by molar-refractivity contribution is 0.414. The maximum Gasteiger partial charge on any atom is 0.191 e.